The molecule has 1 amide bonds. The Morgan fingerprint density at radius 3 is 3.15 bits per heavy atom. The molecule has 0 radical (unpaired) electrons. The number of thioether (sulfide) groups is 1. The molecule has 10 nitrogen and oxygen atoms in total. The Balaban J connectivity index is 1.77. The minimum atomic E-state index is -4.60. The summed E-state index contributed by atoms with van der Waals surface area (Å²) in [4.78, 5) is 26.8. The zero-order valence-electron chi connectivity index (χ0n) is 20.6. The van der Waals surface area contributed by atoms with Crippen LogP contribution < -0.4 is 15.1 Å². The van der Waals surface area contributed by atoms with Gasteiger partial charge in [0, 0.05) is 35.2 Å². The van der Waals surface area contributed by atoms with E-state index in [0.29, 0.717) is 4.91 Å². The summed E-state index contributed by atoms with van der Waals surface area (Å²) in [5.74, 6) is -2.35. The number of aliphatic hydroxyl groups is 1. The number of amides is 1. The summed E-state index contributed by atoms with van der Waals surface area (Å²) in [6.45, 7) is 3.13. The van der Waals surface area contributed by atoms with Gasteiger partial charge < -0.3 is 20.4 Å². The molecule has 6 atom stereocenters. The molecule has 0 bridgehead atoms. The summed E-state index contributed by atoms with van der Waals surface area (Å²) < 4.78 is 67.4. The first-order valence-electron chi connectivity index (χ1n) is 11.1. The van der Waals surface area contributed by atoms with E-state index in [2.05, 4.69) is 10.2 Å². The summed E-state index contributed by atoms with van der Waals surface area (Å²) in [5, 5.41) is 8.96. The third kappa shape index (κ3) is 3.87. The molecule has 12 heteroatoms. The number of aliphatic hydroxyl groups excluding tert-OH is 1. The van der Waals surface area contributed by atoms with E-state index in [4.69, 9.17) is 8.51 Å². The fraction of sp³-hybridized carbons (Fsp3) is 0.733. The third-order valence-electron chi connectivity index (χ3n) is 5.13. The molecule has 3 heterocycles. The van der Waals surface area contributed by atoms with E-state index in [-0.39, 0.29) is 34.5 Å². The van der Waals surface area contributed by atoms with Crippen LogP contribution >= 0.6 is 11.8 Å². The SMILES string of the molecule is [2H]OC(=O)C1=C(S[C@H]2C[C@@H](CN([2H])S(=O)(=O)N([2H])[2H])N([2H])C2)[C@H](C)C2C([C@@H](C)O[2H])C(=O)N12. The zero-order valence-corrected chi connectivity index (χ0v) is 16.3. The Morgan fingerprint density at radius 2 is 2.48 bits per heavy atom. The van der Waals surface area contributed by atoms with Crippen molar-refractivity contribution in [2.45, 2.75) is 43.7 Å². The van der Waals surface area contributed by atoms with Crippen LogP contribution in [0.5, 0.6) is 0 Å². The number of rotatable bonds is 9. The van der Waals surface area contributed by atoms with Gasteiger partial charge in [-0.3, -0.25) is 4.79 Å². The minimum Gasteiger partial charge on any atom is -0.477 e. The molecule has 0 aromatic rings. The van der Waals surface area contributed by atoms with Crippen molar-refractivity contribution in [1.29, 1.82) is 2.86 Å². The number of hydrogen-bond acceptors (Lipinski definition) is 8. The second-order valence-electron chi connectivity index (χ2n) is 6.97. The number of nitrogens with zero attached hydrogens (tertiary/aromatic N) is 1. The van der Waals surface area contributed by atoms with Gasteiger partial charge in [-0.2, -0.15) is 8.42 Å². The second kappa shape index (κ2) is 7.33. The van der Waals surface area contributed by atoms with E-state index >= 15 is 0 Å². The van der Waals surface area contributed by atoms with Crippen LogP contribution in [0.15, 0.2) is 10.6 Å². The lowest BCUT2D eigenvalue weighted by molar-refractivity contribution is -0.163. The van der Waals surface area contributed by atoms with Crippen LogP contribution in [-0.2, 0) is 19.8 Å². The van der Waals surface area contributed by atoms with Crippen molar-refractivity contribution in [3.05, 3.63) is 10.6 Å². The first-order valence-corrected chi connectivity index (χ1v) is 10.7. The number of hydrogen-bond donors (Lipinski definition) is 5. The highest BCUT2D eigenvalue weighted by atomic mass is 32.2. The Bertz CT molecular complexity index is 942. The molecule has 2 fully saturated rings. The van der Waals surface area contributed by atoms with Crippen molar-refractivity contribution in [2.75, 3.05) is 13.1 Å². The third-order valence-corrected chi connectivity index (χ3v) is 7.10. The predicted octanol–water partition coefficient (Wildman–Crippen LogP) is -1.60. The van der Waals surface area contributed by atoms with Gasteiger partial charge in [-0.25, -0.2) is 14.6 Å². The predicted molar refractivity (Wildman–Crippen MR) is 98.5 cm³/mol. The van der Waals surface area contributed by atoms with E-state index in [1.54, 1.807) is 13.8 Å². The minimum absolute atomic E-state index is 0.0466. The normalized spacial score (nSPS) is 38.6. The van der Waals surface area contributed by atoms with Gasteiger partial charge in [0.1, 0.15) is 11.3 Å². The molecule has 2 saturated heterocycles. The summed E-state index contributed by atoms with van der Waals surface area (Å²) >= 11 is 1.23. The van der Waals surface area contributed by atoms with E-state index in [9.17, 15) is 18.0 Å². The first-order chi connectivity index (χ1) is 15.4. The molecule has 3 aliphatic heterocycles. The van der Waals surface area contributed by atoms with Crippen molar-refractivity contribution >= 4 is 33.8 Å². The van der Waals surface area contributed by atoms with E-state index < -0.39 is 57.9 Å². The largest absolute Gasteiger partial charge is 0.477 e. The van der Waals surface area contributed by atoms with E-state index in [1.807, 2.05) is 0 Å². The average molecular weight is 427 g/mol. The maximum absolute atomic E-state index is 12.7. The summed E-state index contributed by atoms with van der Waals surface area (Å²) in [6.07, 6.45) is -0.431. The van der Waals surface area contributed by atoms with Gasteiger partial charge in [-0.15, -0.1) is 11.8 Å². The van der Waals surface area contributed by atoms with Gasteiger partial charge in [0.25, 0.3) is 11.6 Å². The number of carbonyl (C=O) groups is 2. The van der Waals surface area contributed by atoms with Gasteiger partial charge >= 0.3 is 5.97 Å². The number of aliphatic carboxylic acids is 1. The smallest absolute Gasteiger partial charge is 0.353 e. The zero-order chi connectivity index (χ0) is 24.8. The highest BCUT2D eigenvalue weighted by molar-refractivity contribution is 8.03. The van der Waals surface area contributed by atoms with Gasteiger partial charge in [0.15, 0.2) is 0 Å². The monoisotopic (exact) mass is 426 g/mol. The number of carboxylic acid groups (broad SMARTS) is 1. The Labute approximate surface area is 170 Å². The Hall–Kier alpha value is -1.18. The van der Waals surface area contributed by atoms with Gasteiger partial charge in [0.05, 0.1) is 18.1 Å². The number of β-lactam (4-membered cyclic amide) rings is 1. The molecule has 152 valence electrons. The number of nitrogens with one attached hydrogen (secondary N) is 2. The maximum Gasteiger partial charge on any atom is 0.353 e. The molecule has 0 aromatic carbocycles. The number of carbonyl (C=O) groups excluding carboxylic acids is 1. The number of carboxylic acids is 1. The maximum atomic E-state index is 12.7. The molecule has 3 aliphatic rings. The molecule has 0 saturated carbocycles. The van der Waals surface area contributed by atoms with Crippen molar-refractivity contribution in [1.82, 2.24) is 14.9 Å². The molecule has 0 aromatic heterocycles. The molecule has 27 heavy (non-hydrogen) atoms. The Morgan fingerprint density at radius 1 is 1.70 bits per heavy atom. The summed E-state index contributed by atoms with van der Waals surface area (Å²) in [6, 6.07) is -1.13. The lowest BCUT2D eigenvalue weighted by atomic mass is 9.79. The fourth-order valence-corrected chi connectivity index (χ4v) is 5.80. The van der Waals surface area contributed by atoms with Crippen LogP contribution in [0.25, 0.3) is 1.43 Å². The van der Waals surface area contributed by atoms with Crippen LogP contribution in [0.3, 0.4) is 0 Å². The highest BCUT2D eigenvalue weighted by Crippen LogP contribution is 2.51. The summed E-state index contributed by atoms with van der Waals surface area (Å²) in [5.41, 5.74) is -0.0466. The van der Waals surface area contributed by atoms with Crippen LogP contribution in [0.1, 0.15) is 20.3 Å². The molecule has 2 unspecified atom stereocenters. The van der Waals surface area contributed by atoms with Crippen LogP contribution in [0, 0.1) is 11.8 Å². The van der Waals surface area contributed by atoms with Crippen molar-refractivity contribution < 1.29 is 33.9 Å². The van der Waals surface area contributed by atoms with Gasteiger partial charge in [-0.05, 0) is 13.3 Å². The summed E-state index contributed by atoms with van der Waals surface area (Å²) in [7, 11) is -4.60. The molecule has 0 spiro atoms. The van der Waals surface area contributed by atoms with Gasteiger partial charge in [-0.1, -0.05) is 6.92 Å². The van der Waals surface area contributed by atoms with Crippen LogP contribution in [0.2, 0.25) is 5.65 Å². The lowest BCUT2D eigenvalue weighted by Gasteiger charge is -2.46. The van der Waals surface area contributed by atoms with Crippen molar-refractivity contribution in [3.8, 4) is 0 Å². The van der Waals surface area contributed by atoms with E-state index in [1.165, 1.54) is 16.7 Å². The Kier molecular flexibility index (Phi) is 3.78. The standard InChI is InChI=1S/C15H24N4O6S2/c1-6-11-10(7(2)20)14(21)19(11)12(15(22)23)13(6)26-9-3-8(17-5-9)4-18-27(16,24)25/h6-11,17-18,20H,3-5H2,1-2H3,(H,22,23)(H2,16,24,25)/t6-,7-,8+,9+,10?,11?/m1/s1/i20D/hD5. The first kappa shape index (κ1) is 13.9. The second-order valence-corrected chi connectivity index (χ2v) is 9.47. The molecule has 0 aliphatic carbocycles. The highest BCUT2D eigenvalue weighted by Gasteiger charge is 2.60. The van der Waals surface area contributed by atoms with Crippen LogP contribution in [-0.4, -0.2) is 73.4 Å². The van der Waals surface area contributed by atoms with E-state index in [0.717, 1.165) is 5.31 Å². The fourth-order valence-electron chi connectivity index (χ4n) is 3.95. The average Bonchev–Trinajstić information content (AvgIpc) is 3.22. The topological polar surface area (TPSA) is 162 Å². The van der Waals surface area contributed by atoms with Gasteiger partial charge in [0.2, 0.25) is 7.34 Å². The lowest BCUT2D eigenvalue weighted by Crippen LogP contribution is -2.63. The number of fused-ring (bicyclic) bond motifs is 1. The number of nitrogens with two attached hydrogens (primary N) is 1. The van der Waals surface area contributed by atoms with Crippen LogP contribution in [0.4, 0.5) is 0 Å². The molecular formula is C15H24N4O6S2. The molecular weight excluding hydrogens is 396 g/mol. The molecule has 3 rings (SSSR count). The quantitative estimate of drug-likeness (QED) is 0.275. The van der Waals surface area contributed by atoms with Crippen molar-refractivity contribution in [2.24, 2.45) is 17.0 Å². The molecule has 6 N–H and O–H groups in total. The van der Waals surface area contributed by atoms with Crippen molar-refractivity contribution in [3.63, 3.8) is 0 Å².